The monoisotopic (exact) mass is 536 g/mol. The summed E-state index contributed by atoms with van der Waals surface area (Å²) in [5.74, 6) is 2.26. The van der Waals surface area contributed by atoms with Crippen molar-refractivity contribution in [1.82, 2.24) is 10.6 Å². The molecule has 8 heteroatoms. The van der Waals surface area contributed by atoms with Gasteiger partial charge in [0.25, 0.3) is 0 Å². The lowest BCUT2D eigenvalue weighted by atomic mass is 10.0. The van der Waals surface area contributed by atoms with E-state index in [1.807, 2.05) is 48.2 Å². The van der Waals surface area contributed by atoms with Gasteiger partial charge in [0.2, 0.25) is 12.7 Å². The molecule has 0 fully saturated rings. The summed E-state index contributed by atoms with van der Waals surface area (Å²) in [6, 6.07) is 14.1. The summed E-state index contributed by atoms with van der Waals surface area (Å²) < 4.78 is 10.8. The highest BCUT2D eigenvalue weighted by atomic mass is 127. The van der Waals surface area contributed by atoms with Crippen LogP contribution in [0.1, 0.15) is 24.5 Å². The minimum Gasteiger partial charge on any atom is -0.454 e. The Balaban J connectivity index is 0.00000272. The molecule has 166 valence electrons. The van der Waals surface area contributed by atoms with E-state index in [0.717, 1.165) is 55.1 Å². The molecule has 2 heterocycles. The quantitative estimate of drug-likeness (QED) is 0.337. The summed E-state index contributed by atoms with van der Waals surface area (Å²) in [5, 5.41) is 6.52. The average Bonchev–Trinajstić information content (AvgIpc) is 3.25. The van der Waals surface area contributed by atoms with Crippen LogP contribution in [0.25, 0.3) is 0 Å². The predicted octanol–water partition coefficient (Wildman–Crippen LogP) is 3.11. The lowest BCUT2D eigenvalue weighted by molar-refractivity contribution is -0.117. The molecule has 0 bridgehead atoms. The van der Waals surface area contributed by atoms with Crippen LogP contribution in [0.3, 0.4) is 0 Å². The van der Waals surface area contributed by atoms with E-state index in [-0.39, 0.29) is 43.2 Å². The summed E-state index contributed by atoms with van der Waals surface area (Å²) in [7, 11) is 0. The van der Waals surface area contributed by atoms with E-state index in [0.29, 0.717) is 12.5 Å². The molecule has 1 amide bonds. The number of carbonyl (C=O) groups excluding carboxylic acids is 1. The van der Waals surface area contributed by atoms with Gasteiger partial charge in [0.05, 0.1) is 0 Å². The molecule has 4 rings (SSSR count). The normalized spacial score (nSPS) is 14.5. The van der Waals surface area contributed by atoms with Gasteiger partial charge in [-0.05, 0) is 55.5 Å². The van der Waals surface area contributed by atoms with Crippen molar-refractivity contribution in [3.63, 3.8) is 0 Å². The van der Waals surface area contributed by atoms with E-state index in [4.69, 9.17) is 9.47 Å². The van der Waals surface area contributed by atoms with Crippen LogP contribution >= 0.6 is 24.0 Å². The third kappa shape index (κ3) is 5.81. The van der Waals surface area contributed by atoms with Crippen LogP contribution in [-0.4, -0.2) is 44.8 Å². The topological polar surface area (TPSA) is 75.2 Å². The minimum atomic E-state index is 0. The highest BCUT2D eigenvalue weighted by Gasteiger charge is 2.21. The number of ether oxygens (including phenoxy) is 2. The first-order chi connectivity index (χ1) is 14.7. The summed E-state index contributed by atoms with van der Waals surface area (Å²) in [6.07, 6.45) is 2.82. The number of halogens is 1. The summed E-state index contributed by atoms with van der Waals surface area (Å²) in [4.78, 5) is 19.2. The van der Waals surface area contributed by atoms with Crippen molar-refractivity contribution in [2.75, 3.05) is 37.9 Å². The minimum absolute atomic E-state index is 0. The molecular formula is C23H29IN4O3. The fourth-order valence-electron chi connectivity index (χ4n) is 3.79. The molecule has 2 aliphatic heterocycles. The summed E-state index contributed by atoms with van der Waals surface area (Å²) in [6.45, 7) is 4.59. The third-order valence-electron chi connectivity index (χ3n) is 5.27. The largest absolute Gasteiger partial charge is 0.454 e. The van der Waals surface area contributed by atoms with Crippen LogP contribution in [0, 0.1) is 0 Å². The van der Waals surface area contributed by atoms with Crippen molar-refractivity contribution >= 4 is 41.5 Å². The van der Waals surface area contributed by atoms with E-state index in [2.05, 4.69) is 21.7 Å². The highest BCUT2D eigenvalue weighted by molar-refractivity contribution is 14.0. The van der Waals surface area contributed by atoms with Gasteiger partial charge >= 0.3 is 0 Å². The first-order valence-corrected chi connectivity index (χ1v) is 10.5. The first-order valence-electron chi connectivity index (χ1n) is 10.5. The maximum atomic E-state index is 12.8. The molecular weight excluding hydrogens is 507 g/mol. The van der Waals surface area contributed by atoms with Crippen LogP contribution in [0.2, 0.25) is 0 Å². The van der Waals surface area contributed by atoms with Gasteiger partial charge in [-0.3, -0.25) is 4.79 Å². The zero-order valence-corrected chi connectivity index (χ0v) is 20.1. The molecule has 0 saturated carbocycles. The molecule has 2 aromatic carbocycles. The second-order valence-corrected chi connectivity index (χ2v) is 7.34. The molecule has 0 unspecified atom stereocenters. The number of aliphatic imine (C=N–C) groups is 1. The Hall–Kier alpha value is -2.49. The Morgan fingerprint density at radius 3 is 2.84 bits per heavy atom. The van der Waals surface area contributed by atoms with E-state index >= 15 is 0 Å². The van der Waals surface area contributed by atoms with Gasteiger partial charge in [0.1, 0.15) is 6.54 Å². The number of fused-ring (bicyclic) bond motifs is 2. The van der Waals surface area contributed by atoms with Gasteiger partial charge in [0, 0.05) is 25.3 Å². The molecule has 31 heavy (non-hydrogen) atoms. The lowest BCUT2D eigenvalue weighted by Crippen LogP contribution is -2.41. The number of hydrogen-bond acceptors (Lipinski definition) is 4. The zero-order chi connectivity index (χ0) is 20.8. The van der Waals surface area contributed by atoms with Crippen molar-refractivity contribution < 1.29 is 14.3 Å². The van der Waals surface area contributed by atoms with Crippen LogP contribution in [-0.2, 0) is 17.6 Å². The number of anilines is 1. The van der Waals surface area contributed by atoms with Gasteiger partial charge in [-0.2, -0.15) is 0 Å². The second kappa shape index (κ2) is 11.2. The molecule has 0 aliphatic carbocycles. The first kappa shape index (κ1) is 23.2. The van der Waals surface area contributed by atoms with Gasteiger partial charge in [-0.15, -0.1) is 24.0 Å². The van der Waals surface area contributed by atoms with Crippen LogP contribution in [0.5, 0.6) is 11.5 Å². The van der Waals surface area contributed by atoms with Crippen LogP contribution in [0.15, 0.2) is 47.5 Å². The maximum Gasteiger partial charge on any atom is 0.248 e. The third-order valence-corrected chi connectivity index (χ3v) is 5.27. The number of amides is 1. The van der Waals surface area contributed by atoms with Crippen LogP contribution in [0.4, 0.5) is 5.69 Å². The van der Waals surface area contributed by atoms with E-state index in [1.165, 1.54) is 5.56 Å². The molecule has 0 atom stereocenters. The van der Waals surface area contributed by atoms with Gasteiger partial charge in [-0.25, -0.2) is 4.99 Å². The van der Waals surface area contributed by atoms with Gasteiger partial charge < -0.3 is 25.0 Å². The number of carbonyl (C=O) groups is 1. The highest BCUT2D eigenvalue weighted by Crippen LogP contribution is 2.32. The Kier molecular flexibility index (Phi) is 8.39. The van der Waals surface area contributed by atoms with Crippen molar-refractivity contribution in [3.05, 3.63) is 53.6 Å². The van der Waals surface area contributed by atoms with Crippen molar-refractivity contribution in [2.24, 2.45) is 4.99 Å². The fraction of sp³-hybridized carbons (Fsp3) is 0.391. The molecule has 0 spiro atoms. The zero-order valence-electron chi connectivity index (χ0n) is 17.7. The Morgan fingerprint density at radius 2 is 1.97 bits per heavy atom. The number of hydrogen-bond donors (Lipinski definition) is 2. The Bertz CT molecular complexity index is 935. The number of nitrogens with zero attached hydrogens (tertiary/aromatic N) is 2. The van der Waals surface area contributed by atoms with Crippen molar-refractivity contribution in [2.45, 2.75) is 26.2 Å². The molecule has 7 nitrogen and oxygen atoms in total. The summed E-state index contributed by atoms with van der Waals surface area (Å²) >= 11 is 0. The Labute approximate surface area is 200 Å². The molecule has 0 saturated heterocycles. The SMILES string of the molecule is CCNC(=NCC(=O)N1CCCc2ccccc21)NCCc1ccc2c(c1)OCO2.I. The standard InChI is InChI=1S/C23H28N4O3.HI/c1-2-24-23(25-12-11-17-9-10-20-21(14-17)30-16-29-20)26-15-22(28)27-13-5-7-18-6-3-4-8-19(18)27;/h3-4,6,8-10,14H,2,5,7,11-13,15-16H2,1H3,(H2,24,25,26);1H. The Morgan fingerprint density at radius 1 is 1.13 bits per heavy atom. The number of benzene rings is 2. The lowest BCUT2D eigenvalue weighted by Gasteiger charge is -2.29. The molecule has 2 N–H and O–H groups in total. The smallest absolute Gasteiger partial charge is 0.248 e. The second-order valence-electron chi connectivity index (χ2n) is 7.34. The van der Waals surface area contributed by atoms with E-state index < -0.39 is 0 Å². The van der Waals surface area contributed by atoms with Crippen molar-refractivity contribution in [3.8, 4) is 11.5 Å². The van der Waals surface area contributed by atoms with Crippen LogP contribution < -0.4 is 25.0 Å². The number of para-hydroxylation sites is 1. The van der Waals surface area contributed by atoms with Gasteiger partial charge in [0.15, 0.2) is 17.5 Å². The number of guanidine groups is 1. The average molecular weight is 536 g/mol. The molecule has 2 aromatic rings. The predicted molar refractivity (Wildman–Crippen MR) is 133 cm³/mol. The van der Waals surface area contributed by atoms with Gasteiger partial charge in [-0.1, -0.05) is 24.3 Å². The number of aryl methyl sites for hydroxylation is 1. The summed E-state index contributed by atoms with van der Waals surface area (Å²) in [5.41, 5.74) is 3.41. The number of nitrogens with one attached hydrogen (secondary N) is 2. The fourth-order valence-corrected chi connectivity index (χ4v) is 3.79. The molecule has 0 aromatic heterocycles. The molecule has 2 aliphatic rings. The van der Waals surface area contributed by atoms with E-state index in [9.17, 15) is 4.79 Å². The molecule has 0 radical (unpaired) electrons. The van der Waals surface area contributed by atoms with Crippen molar-refractivity contribution in [1.29, 1.82) is 0 Å². The van der Waals surface area contributed by atoms with E-state index in [1.54, 1.807) is 0 Å². The number of rotatable bonds is 6. The maximum absolute atomic E-state index is 12.8.